The van der Waals surface area contributed by atoms with Crippen LogP contribution in [0.5, 0.6) is 0 Å². The first kappa shape index (κ1) is 30.7. The van der Waals surface area contributed by atoms with Gasteiger partial charge in [-0.2, -0.15) is 0 Å². The van der Waals surface area contributed by atoms with Gasteiger partial charge in [-0.3, -0.25) is 14.4 Å². The molecule has 0 aliphatic carbocycles. The molecule has 12 heteroatoms. The third kappa shape index (κ3) is 9.77. The lowest BCUT2D eigenvalue weighted by Gasteiger charge is -2.22. The zero-order chi connectivity index (χ0) is 28.1. The quantitative estimate of drug-likeness (QED) is 0.127. The third-order valence-electron chi connectivity index (χ3n) is 6.29. The number of benzene rings is 1. The summed E-state index contributed by atoms with van der Waals surface area (Å²) in [7, 11) is 0. The van der Waals surface area contributed by atoms with E-state index in [9.17, 15) is 24.3 Å². The van der Waals surface area contributed by atoms with Crippen molar-refractivity contribution in [3.8, 4) is 0 Å². The molecule has 0 saturated carbocycles. The zero-order valence-corrected chi connectivity index (χ0v) is 21.9. The highest BCUT2D eigenvalue weighted by molar-refractivity contribution is 5.93. The van der Waals surface area contributed by atoms with Crippen LogP contribution in [0.3, 0.4) is 0 Å². The molecule has 12 nitrogen and oxygen atoms in total. The van der Waals surface area contributed by atoms with Gasteiger partial charge in [0.15, 0.2) is 0 Å². The molecule has 2 rings (SSSR count). The highest BCUT2D eigenvalue weighted by atomic mass is 16.4. The van der Waals surface area contributed by atoms with E-state index in [2.05, 4.69) is 20.9 Å². The van der Waals surface area contributed by atoms with Crippen LogP contribution in [0.25, 0.3) is 10.9 Å². The summed E-state index contributed by atoms with van der Waals surface area (Å²) >= 11 is 0. The normalized spacial score (nSPS) is 13.5. The lowest BCUT2D eigenvalue weighted by molar-refractivity contribution is -0.142. The molecule has 210 valence electrons. The molecule has 1 heterocycles. The second-order valence-corrected chi connectivity index (χ2v) is 9.48. The van der Waals surface area contributed by atoms with Crippen LogP contribution in [0.4, 0.5) is 0 Å². The molecule has 0 unspecified atom stereocenters. The molecule has 0 saturated heterocycles. The number of hydrogen-bond acceptors (Lipinski definition) is 7. The van der Waals surface area contributed by atoms with Crippen LogP contribution in [0.2, 0.25) is 0 Å². The maximum atomic E-state index is 13.2. The molecule has 0 bridgehead atoms. The number of fused-ring (bicyclic) bond motifs is 1. The number of carbonyl (C=O) groups excluding carboxylic acids is 3. The average Bonchev–Trinajstić information content (AvgIpc) is 3.27. The first-order chi connectivity index (χ1) is 18.2. The van der Waals surface area contributed by atoms with E-state index in [0.717, 1.165) is 28.5 Å². The second kappa shape index (κ2) is 15.7. The summed E-state index contributed by atoms with van der Waals surface area (Å²) in [5.41, 5.74) is 19.5. The lowest BCUT2D eigenvalue weighted by atomic mass is 10.0. The number of carboxylic acids is 1. The van der Waals surface area contributed by atoms with E-state index in [4.69, 9.17) is 17.2 Å². The Morgan fingerprint density at radius 3 is 2.29 bits per heavy atom. The maximum Gasteiger partial charge on any atom is 0.326 e. The number of aromatic nitrogens is 1. The Bertz CT molecular complexity index is 1090. The van der Waals surface area contributed by atoms with E-state index in [1.165, 1.54) is 0 Å². The number of carboxylic acid groups (broad SMARTS) is 1. The number of carbonyl (C=O) groups is 4. The number of aryl methyl sites for hydroxylation is 1. The van der Waals surface area contributed by atoms with Crippen molar-refractivity contribution < 1.29 is 24.3 Å². The highest BCUT2D eigenvalue weighted by Gasteiger charge is 2.27. The van der Waals surface area contributed by atoms with Gasteiger partial charge in [-0.15, -0.1) is 0 Å². The monoisotopic (exact) mass is 531 g/mol. The van der Waals surface area contributed by atoms with Crippen molar-refractivity contribution in [1.82, 2.24) is 20.9 Å². The van der Waals surface area contributed by atoms with Crippen molar-refractivity contribution in [2.45, 2.75) is 70.0 Å². The van der Waals surface area contributed by atoms with Gasteiger partial charge in [0, 0.05) is 23.5 Å². The zero-order valence-electron chi connectivity index (χ0n) is 21.9. The second-order valence-electron chi connectivity index (χ2n) is 9.48. The van der Waals surface area contributed by atoms with Crippen LogP contribution in [0.15, 0.2) is 24.4 Å². The molecule has 3 amide bonds. The standard InChI is InChI=1S/C26H41N7O5/c1-16-8-9-18-17(14-30-21(18)12-16)13-22(25(36)33-20(26(37)38)7-3-5-11-28)32-23(34)15-31-24(35)19(29)6-2-4-10-27/h8-9,12,14,19-20,22,30H,2-7,10-11,13,15,27-29H2,1H3,(H,31,35)(H,32,34)(H,33,36)(H,37,38)/t19-,20-,22-/m0/s1. The molecule has 0 radical (unpaired) electrons. The van der Waals surface area contributed by atoms with Crippen LogP contribution < -0.4 is 33.2 Å². The maximum absolute atomic E-state index is 13.2. The Kier molecular flexibility index (Phi) is 12.7. The van der Waals surface area contributed by atoms with Gasteiger partial charge in [0.05, 0.1) is 12.6 Å². The fourth-order valence-electron chi connectivity index (χ4n) is 4.10. The number of hydrogen-bond donors (Lipinski definition) is 8. The SMILES string of the molecule is Cc1ccc2c(C[C@H](NC(=O)CNC(=O)[C@@H](N)CCCCN)C(=O)N[C@@H](CCCCN)C(=O)O)c[nH]c2c1. The fourth-order valence-corrected chi connectivity index (χ4v) is 4.10. The summed E-state index contributed by atoms with van der Waals surface area (Å²) in [6.07, 6.45) is 5.12. The number of rotatable bonds is 17. The number of aliphatic carboxylic acids is 1. The third-order valence-corrected chi connectivity index (χ3v) is 6.29. The van der Waals surface area contributed by atoms with Gasteiger partial charge in [-0.05, 0) is 69.3 Å². The number of unbranched alkanes of at least 4 members (excludes halogenated alkanes) is 2. The van der Waals surface area contributed by atoms with Crippen LogP contribution in [-0.2, 0) is 25.6 Å². The Balaban J connectivity index is 2.12. The summed E-state index contributed by atoms with van der Waals surface area (Å²) in [4.78, 5) is 53.0. The molecule has 1 aromatic carbocycles. The Morgan fingerprint density at radius 2 is 1.63 bits per heavy atom. The molecule has 1 aromatic heterocycles. The van der Waals surface area contributed by atoms with Crippen molar-refractivity contribution >= 4 is 34.6 Å². The van der Waals surface area contributed by atoms with Crippen molar-refractivity contribution in [2.75, 3.05) is 19.6 Å². The largest absolute Gasteiger partial charge is 0.480 e. The predicted octanol–water partition coefficient (Wildman–Crippen LogP) is -0.225. The molecule has 3 atom stereocenters. The van der Waals surface area contributed by atoms with Gasteiger partial charge >= 0.3 is 5.97 Å². The first-order valence-corrected chi connectivity index (χ1v) is 13.0. The molecule has 0 spiro atoms. The number of amides is 3. The van der Waals surface area contributed by atoms with Crippen LogP contribution >= 0.6 is 0 Å². The van der Waals surface area contributed by atoms with Crippen LogP contribution in [0.1, 0.15) is 49.7 Å². The van der Waals surface area contributed by atoms with Crippen molar-refractivity contribution in [1.29, 1.82) is 0 Å². The van der Waals surface area contributed by atoms with Gasteiger partial charge in [-0.25, -0.2) is 4.79 Å². The molecule has 38 heavy (non-hydrogen) atoms. The Labute approximate surface area is 222 Å². The molecule has 2 aromatic rings. The first-order valence-electron chi connectivity index (χ1n) is 13.0. The number of nitrogens with one attached hydrogen (secondary N) is 4. The van der Waals surface area contributed by atoms with Gasteiger partial charge in [-0.1, -0.05) is 18.6 Å². The van der Waals surface area contributed by atoms with E-state index < -0.39 is 41.8 Å². The van der Waals surface area contributed by atoms with E-state index in [0.29, 0.717) is 38.8 Å². The van der Waals surface area contributed by atoms with E-state index in [1.54, 1.807) is 6.20 Å². The molecule has 0 fully saturated rings. The Morgan fingerprint density at radius 1 is 0.947 bits per heavy atom. The topological polar surface area (TPSA) is 218 Å². The summed E-state index contributed by atoms with van der Waals surface area (Å²) in [5, 5.41) is 18.1. The minimum absolute atomic E-state index is 0.113. The van der Waals surface area contributed by atoms with E-state index in [-0.39, 0.29) is 19.4 Å². The van der Waals surface area contributed by atoms with Gasteiger partial charge < -0.3 is 43.2 Å². The molecule has 11 N–H and O–H groups in total. The van der Waals surface area contributed by atoms with Crippen molar-refractivity contribution in [3.63, 3.8) is 0 Å². The molecular formula is C26H41N7O5. The summed E-state index contributed by atoms with van der Waals surface area (Å²) in [6.45, 7) is 2.51. The minimum atomic E-state index is -1.17. The van der Waals surface area contributed by atoms with E-state index >= 15 is 0 Å². The molecule has 0 aliphatic heterocycles. The Hall–Kier alpha value is -3.48. The number of H-pyrrole nitrogens is 1. The van der Waals surface area contributed by atoms with Crippen molar-refractivity contribution in [2.24, 2.45) is 17.2 Å². The predicted molar refractivity (Wildman–Crippen MR) is 145 cm³/mol. The van der Waals surface area contributed by atoms with Gasteiger partial charge in [0.25, 0.3) is 0 Å². The summed E-state index contributed by atoms with van der Waals surface area (Å²) in [6, 6.07) is 2.87. The van der Waals surface area contributed by atoms with Crippen LogP contribution in [0, 0.1) is 6.92 Å². The average molecular weight is 532 g/mol. The molecular weight excluding hydrogens is 490 g/mol. The van der Waals surface area contributed by atoms with Gasteiger partial charge in [0.2, 0.25) is 17.7 Å². The fraction of sp³-hybridized carbons (Fsp3) is 0.538. The summed E-state index contributed by atoms with van der Waals surface area (Å²) in [5.74, 6) is -2.88. The number of aromatic amines is 1. The van der Waals surface area contributed by atoms with Crippen LogP contribution in [-0.4, -0.2) is 71.5 Å². The smallest absolute Gasteiger partial charge is 0.326 e. The lowest BCUT2D eigenvalue weighted by Crippen LogP contribution is -2.54. The van der Waals surface area contributed by atoms with Crippen molar-refractivity contribution in [3.05, 3.63) is 35.5 Å². The van der Waals surface area contributed by atoms with E-state index in [1.807, 2.05) is 25.1 Å². The number of nitrogens with two attached hydrogens (primary N) is 3. The molecule has 0 aliphatic rings. The van der Waals surface area contributed by atoms with Gasteiger partial charge in [0.1, 0.15) is 12.1 Å². The minimum Gasteiger partial charge on any atom is -0.480 e. The summed E-state index contributed by atoms with van der Waals surface area (Å²) < 4.78 is 0. The highest BCUT2D eigenvalue weighted by Crippen LogP contribution is 2.21.